The Kier molecular flexibility index (Phi) is 10.3. The molecule has 0 radical (unpaired) electrons. The van der Waals surface area contributed by atoms with Crippen LogP contribution in [0.15, 0.2) is 103 Å². The van der Waals surface area contributed by atoms with Crippen molar-refractivity contribution in [1.82, 2.24) is 10.2 Å². The average molecular weight is 642 g/mol. The Bertz CT molecular complexity index is 1560. The summed E-state index contributed by atoms with van der Waals surface area (Å²) in [5.74, 6) is 0. The first-order valence-electron chi connectivity index (χ1n) is 15.8. The maximum atomic E-state index is 12.5. The highest BCUT2D eigenvalue weighted by Crippen LogP contribution is 2.39. The zero-order valence-corrected chi connectivity index (χ0v) is 26.4. The molecule has 9 heteroatoms. The Morgan fingerprint density at radius 2 is 1.52 bits per heavy atom. The number of benzene rings is 4. The maximum Gasteiger partial charge on any atom is 0.319 e. The van der Waals surface area contributed by atoms with Gasteiger partial charge < -0.3 is 35.2 Å². The molecule has 2 heterocycles. The van der Waals surface area contributed by atoms with Crippen molar-refractivity contribution < 1.29 is 24.5 Å². The molecule has 2 aliphatic heterocycles. The number of hydrogen-bond donors (Lipinski definition) is 4. The van der Waals surface area contributed by atoms with Crippen molar-refractivity contribution in [2.45, 2.75) is 56.5 Å². The van der Waals surface area contributed by atoms with Gasteiger partial charge in [-0.3, -0.25) is 0 Å². The van der Waals surface area contributed by atoms with Crippen LogP contribution >= 0.6 is 11.6 Å². The number of nitrogens with zero attached hydrogens (tertiary/aromatic N) is 1. The number of nitrogens with one attached hydrogen (secondary N) is 2. The summed E-state index contributed by atoms with van der Waals surface area (Å²) in [6.07, 6.45) is 1.02. The SMILES string of the molecule is O=C(NCc1ccccc1)Nc1ccc([C@@H]2O[C@H](CN3CCC(O)(c4ccc(Cl)cc4)CC3)C[C@H](c3ccc(CO)cc3)O2)cc1. The molecule has 8 nitrogen and oxygen atoms in total. The normalized spacial score (nSPS) is 21.4. The van der Waals surface area contributed by atoms with Crippen molar-refractivity contribution >= 4 is 23.3 Å². The van der Waals surface area contributed by atoms with Gasteiger partial charge in [0.15, 0.2) is 6.29 Å². The second kappa shape index (κ2) is 14.8. The number of hydrogen-bond acceptors (Lipinski definition) is 6. The number of carbonyl (C=O) groups excluding carboxylic acids is 1. The molecule has 4 aromatic carbocycles. The van der Waals surface area contributed by atoms with Gasteiger partial charge in [0.05, 0.1) is 24.4 Å². The van der Waals surface area contributed by atoms with Gasteiger partial charge in [-0.05, 0) is 59.4 Å². The standard InChI is InChI=1S/C37H40ClN3O5/c38-31-14-12-30(13-15-31)37(44)18-20-41(21-19-37)24-33-22-34(28-8-6-27(25-42)7-9-28)46-35(45-33)29-10-16-32(17-11-29)40-36(43)39-23-26-4-2-1-3-5-26/h1-17,33-35,42,44H,18-25H2,(H2,39,40,43)/t33-,34+,35+/m0/s1. The lowest BCUT2D eigenvalue weighted by molar-refractivity contribution is -0.253. The summed E-state index contributed by atoms with van der Waals surface area (Å²) in [6.45, 7) is 2.62. The monoisotopic (exact) mass is 641 g/mol. The van der Waals surface area contributed by atoms with Crippen LogP contribution in [0, 0.1) is 0 Å². The Balaban J connectivity index is 1.10. The van der Waals surface area contributed by atoms with Crippen LogP contribution in [0.25, 0.3) is 0 Å². The molecule has 0 bridgehead atoms. The maximum absolute atomic E-state index is 12.5. The van der Waals surface area contributed by atoms with Gasteiger partial charge in [0.1, 0.15) is 0 Å². The van der Waals surface area contributed by atoms with E-state index in [1.54, 1.807) is 0 Å². The predicted octanol–water partition coefficient (Wildman–Crippen LogP) is 6.68. The van der Waals surface area contributed by atoms with Crippen molar-refractivity contribution in [3.63, 3.8) is 0 Å². The first kappa shape index (κ1) is 32.2. The average Bonchev–Trinajstić information content (AvgIpc) is 3.09. The van der Waals surface area contributed by atoms with E-state index in [2.05, 4.69) is 15.5 Å². The van der Waals surface area contributed by atoms with Crippen molar-refractivity contribution in [3.8, 4) is 0 Å². The number of rotatable bonds is 9. The molecule has 0 unspecified atom stereocenters. The van der Waals surface area contributed by atoms with Crippen LogP contribution in [0.2, 0.25) is 5.02 Å². The largest absolute Gasteiger partial charge is 0.392 e. The van der Waals surface area contributed by atoms with E-state index in [0.717, 1.165) is 40.9 Å². The number of halogens is 1. The number of likely N-dealkylation sites (tertiary alicyclic amines) is 1. The predicted molar refractivity (Wildman–Crippen MR) is 178 cm³/mol. The van der Waals surface area contributed by atoms with Gasteiger partial charge >= 0.3 is 6.03 Å². The van der Waals surface area contributed by atoms with Crippen LogP contribution < -0.4 is 10.6 Å². The number of aliphatic hydroxyl groups is 2. The van der Waals surface area contributed by atoms with Gasteiger partial charge in [-0.15, -0.1) is 0 Å². The molecule has 2 aliphatic rings. The van der Waals surface area contributed by atoms with Gasteiger partial charge in [0, 0.05) is 48.9 Å². The minimum absolute atomic E-state index is 0.0117. The summed E-state index contributed by atoms with van der Waals surface area (Å²) in [5.41, 5.74) is 4.45. The fraction of sp³-hybridized carbons (Fsp3) is 0.324. The molecule has 4 N–H and O–H groups in total. The number of amides is 2. The zero-order chi connectivity index (χ0) is 31.9. The van der Waals surface area contributed by atoms with Crippen LogP contribution in [-0.2, 0) is 28.2 Å². The number of anilines is 1. The van der Waals surface area contributed by atoms with E-state index in [1.165, 1.54) is 0 Å². The van der Waals surface area contributed by atoms with Crippen LogP contribution in [0.5, 0.6) is 0 Å². The Labute approximate surface area is 274 Å². The molecule has 0 spiro atoms. The van der Waals surface area contributed by atoms with Gasteiger partial charge in [-0.25, -0.2) is 4.79 Å². The highest BCUT2D eigenvalue weighted by molar-refractivity contribution is 6.30. The summed E-state index contributed by atoms with van der Waals surface area (Å²) in [4.78, 5) is 14.8. The molecular weight excluding hydrogens is 602 g/mol. The van der Waals surface area contributed by atoms with E-state index < -0.39 is 11.9 Å². The summed E-state index contributed by atoms with van der Waals surface area (Å²) in [7, 11) is 0. The van der Waals surface area contributed by atoms with Gasteiger partial charge in [-0.1, -0.05) is 90.5 Å². The lowest BCUT2D eigenvalue weighted by Crippen LogP contribution is -2.46. The quantitative estimate of drug-likeness (QED) is 0.163. The molecule has 0 aromatic heterocycles. The topological polar surface area (TPSA) is 103 Å². The van der Waals surface area contributed by atoms with Crippen molar-refractivity contribution in [2.75, 3.05) is 25.0 Å². The fourth-order valence-corrected chi connectivity index (χ4v) is 6.28. The number of ether oxygens (including phenoxy) is 2. The lowest BCUT2D eigenvalue weighted by Gasteiger charge is -2.42. The number of aliphatic hydroxyl groups excluding tert-OH is 1. The Morgan fingerprint density at radius 3 is 2.20 bits per heavy atom. The molecule has 0 saturated carbocycles. The third-order valence-corrected chi connectivity index (χ3v) is 9.13. The summed E-state index contributed by atoms with van der Waals surface area (Å²) in [6, 6.07) is 32.3. The second-order valence-electron chi connectivity index (χ2n) is 12.1. The minimum atomic E-state index is -0.870. The van der Waals surface area contributed by atoms with Crippen LogP contribution in [0.1, 0.15) is 59.5 Å². The molecule has 2 fully saturated rings. The molecule has 240 valence electrons. The highest BCUT2D eigenvalue weighted by Gasteiger charge is 2.37. The van der Waals surface area contributed by atoms with E-state index in [1.807, 2.05) is 103 Å². The lowest BCUT2D eigenvalue weighted by atomic mass is 9.84. The third-order valence-electron chi connectivity index (χ3n) is 8.88. The van der Waals surface area contributed by atoms with Crippen molar-refractivity contribution in [1.29, 1.82) is 0 Å². The molecule has 0 aliphatic carbocycles. The second-order valence-corrected chi connectivity index (χ2v) is 12.5. The molecule has 46 heavy (non-hydrogen) atoms. The third kappa shape index (κ3) is 8.14. The molecule has 6 rings (SSSR count). The Hall–Kier alpha value is -3.76. The summed E-state index contributed by atoms with van der Waals surface area (Å²) in [5, 5.41) is 27.3. The minimum Gasteiger partial charge on any atom is -0.392 e. The van der Waals surface area contributed by atoms with Gasteiger partial charge in [0.25, 0.3) is 0 Å². The van der Waals surface area contributed by atoms with E-state index in [-0.39, 0.29) is 24.8 Å². The van der Waals surface area contributed by atoms with Gasteiger partial charge in [-0.2, -0.15) is 0 Å². The van der Waals surface area contributed by atoms with E-state index in [0.29, 0.717) is 43.1 Å². The molecule has 3 atom stereocenters. The van der Waals surface area contributed by atoms with E-state index >= 15 is 0 Å². The first-order chi connectivity index (χ1) is 22.4. The van der Waals surface area contributed by atoms with E-state index in [4.69, 9.17) is 21.1 Å². The smallest absolute Gasteiger partial charge is 0.319 e. The molecule has 2 amide bonds. The van der Waals surface area contributed by atoms with Crippen molar-refractivity contribution in [3.05, 3.63) is 136 Å². The van der Waals surface area contributed by atoms with Crippen LogP contribution in [0.3, 0.4) is 0 Å². The number of piperidine rings is 1. The van der Waals surface area contributed by atoms with Crippen LogP contribution in [-0.4, -0.2) is 46.9 Å². The van der Waals surface area contributed by atoms with Crippen molar-refractivity contribution in [2.24, 2.45) is 0 Å². The highest BCUT2D eigenvalue weighted by atomic mass is 35.5. The van der Waals surface area contributed by atoms with E-state index in [9.17, 15) is 15.0 Å². The summed E-state index contributed by atoms with van der Waals surface area (Å²) < 4.78 is 13.1. The molecule has 2 saturated heterocycles. The fourth-order valence-electron chi connectivity index (χ4n) is 6.15. The van der Waals surface area contributed by atoms with Gasteiger partial charge in [0.2, 0.25) is 0 Å². The number of urea groups is 1. The Morgan fingerprint density at radius 1 is 0.848 bits per heavy atom. The number of carbonyl (C=O) groups is 1. The summed E-state index contributed by atoms with van der Waals surface area (Å²) >= 11 is 6.07. The molecule has 4 aromatic rings. The molecular formula is C37H40ClN3O5. The van der Waals surface area contributed by atoms with Crippen LogP contribution in [0.4, 0.5) is 10.5 Å². The zero-order valence-electron chi connectivity index (χ0n) is 25.6. The first-order valence-corrected chi connectivity index (χ1v) is 16.1.